The first-order valence-electron chi connectivity index (χ1n) is 8.85. The molecule has 0 radical (unpaired) electrons. The minimum Gasteiger partial charge on any atom is -0.461 e. The van der Waals surface area contributed by atoms with Gasteiger partial charge in [-0.05, 0) is 38.8 Å². The van der Waals surface area contributed by atoms with Crippen molar-refractivity contribution >= 4 is 38.4 Å². The third kappa shape index (κ3) is 4.23. The standard InChI is InChI=1S/C18H21N3O5S2/c1-3-26-17(23)14-11-27-18(19-14)20-16(22)15-5-4-10-21(15)28(24,25)13-8-6-12(2)7-9-13/h6-9,11,15H,3-5,10H2,1-2H3,(H,19,20,22). The number of aryl methyl sites for hydroxylation is 1. The van der Waals surface area contributed by atoms with E-state index < -0.39 is 27.9 Å². The van der Waals surface area contributed by atoms with Crippen molar-refractivity contribution in [3.63, 3.8) is 0 Å². The van der Waals surface area contributed by atoms with Crippen molar-refractivity contribution in [3.8, 4) is 0 Å². The number of esters is 1. The average molecular weight is 424 g/mol. The van der Waals surface area contributed by atoms with Crippen LogP contribution in [0, 0.1) is 6.92 Å². The number of hydrogen-bond donors (Lipinski definition) is 1. The fraction of sp³-hybridized carbons (Fsp3) is 0.389. The molecule has 1 fully saturated rings. The Labute approximate surface area is 167 Å². The first-order chi connectivity index (χ1) is 13.3. The van der Waals surface area contributed by atoms with E-state index in [0.717, 1.165) is 16.9 Å². The maximum atomic E-state index is 13.0. The Kier molecular flexibility index (Phi) is 6.11. The van der Waals surface area contributed by atoms with Crippen molar-refractivity contribution < 1.29 is 22.7 Å². The van der Waals surface area contributed by atoms with Gasteiger partial charge in [0, 0.05) is 11.9 Å². The number of nitrogens with one attached hydrogen (secondary N) is 1. The number of sulfonamides is 1. The van der Waals surface area contributed by atoms with Gasteiger partial charge in [-0.2, -0.15) is 4.31 Å². The molecule has 1 atom stereocenters. The van der Waals surface area contributed by atoms with Crippen LogP contribution in [0.3, 0.4) is 0 Å². The number of anilines is 1. The van der Waals surface area contributed by atoms with Crippen molar-refractivity contribution in [2.24, 2.45) is 0 Å². The largest absolute Gasteiger partial charge is 0.461 e. The van der Waals surface area contributed by atoms with E-state index in [1.54, 1.807) is 31.2 Å². The Morgan fingerprint density at radius 3 is 2.71 bits per heavy atom. The predicted octanol–water partition coefficient (Wildman–Crippen LogP) is 2.42. The number of thiazole rings is 1. The van der Waals surface area contributed by atoms with E-state index in [4.69, 9.17) is 4.74 Å². The van der Waals surface area contributed by atoms with E-state index in [1.807, 2.05) is 6.92 Å². The number of aromatic nitrogens is 1. The molecule has 1 amide bonds. The van der Waals surface area contributed by atoms with Crippen molar-refractivity contribution in [2.75, 3.05) is 18.5 Å². The normalized spacial score (nSPS) is 17.4. The van der Waals surface area contributed by atoms with E-state index in [-0.39, 0.29) is 28.9 Å². The molecule has 1 aromatic carbocycles. The SMILES string of the molecule is CCOC(=O)c1csc(NC(=O)C2CCCN2S(=O)(=O)c2ccc(C)cc2)n1. The van der Waals surface area contributed by atoms with Crippen LogP contribution in [-0.2, 0) is 19.6 Å². The highest BCUT2D eigenvalue weighted by Crippen LogP contribution is 2.27. The zero-order valence-corrected chi connectivity index (χ0v) is 17.2. The molecule has 1 unspecified atom stereocenters. The highest BCUT2D eigenvalue weighted by atomic mass is 32.2. The number of amides is 1. The molecule has 2 heterocycles. The fourth-order valence-electron chi connectivity index (χ4n) is 2.95. The second-order valence-corrected chi connectivity index (χ2v) is 9.08. The Morgan fingerprint density at radius 2 is 2.04 bits per heavy atom. The molecule has 0 saturated carbocycles. The summed E-state index contributed by atoms with van der Waals surface area (Å²) in [5.41, 5.74) is 1.06. The molecule has 1 N–H and O–H groups in total. The number of carbonyl (C=O) groups excluding carboxylic acids is 2. The number of nitrogens with zero attached hydrogens (tertiary/aromatic N) is 2. The van der Waals surface area contributed by atoms with Crippen LogP contribution in [0.2, 0.25) is 0 Å². The van der Waals surface area contributed by atoms with Gasteiger partial charge in [-0.1, -0.05) is 17.7 Å². The monoisotopic (exact) mass is 423 g/mol. The van der Waals surface area contributed by atoms with E-state index in [0.29, 0.717) is 12.8 Å². The van der Waals surface area contributed by atoms with E-state index >= 15 is 0 Å². The van der Waals surface area contributed by atoms with E-state index in [1.165, 1.54) is 9.69 Å². The minimum absolute atomic E-state index is 0.109. The highest BCUT2D eigenvalue weighted by molar-refractivity contribution is 7.89. The smallest absolute Gasteiger partial charge is 0.357 e. The van der Waals surface area contributed by atoms with Crippen LogP contribution in [-0.4, -0.2) is 48.8 Å². The summed E-state index contributed by atoms with van der Waals surface area (Å²) in [4.78, 5) is 28.6. The van der Waals surface area contributed by atoms with Crippen molar-refractivity contribution in [1.82, 2.24) is 9.29 Å². The van der Waals surface area contributed by atoms with Gasteiger partial charge in [-0.15, -0.1) is 11.3 Å². The molecule has 1 aliphatic rings. The van der Waals surface area contributed by atoms with E-state index in [9.17, 15) is 18.0 Å². The number of benzene rings is 1. The third-order valence-corrected chi connectivity index (χ3v) is 7.03. The molecule has 1 aliphatic heterocycles. The lowest BCUT2D eigenvalue weighted by atomic mass is 10.2. The summed E-state index contributed by atoms with van der Waals surface area (Å²) in [6, 6.07) is 5.73. The summed E-state index contributed by atoms with van der Waals surface area (Å²) in [7, 11) is -3.78. The zero-order chi connectivity index (χ0) is 20.3. The quantitative estimate of drug-likeness (QED) is 0.716. The first kappa shape index (κ1) is 20.4. The molecule has 0 spiro atoms. The molecule has 0 aliphatic carbocycles. The van der Waals surface area contributed by atoms with Crippen molar-refractivity contribution in [3.05, 3.63) is 40.9 Å². The Balaban J connectivity index is 1.74. The molecule has 3 rings (SSSR count). The van der Waals surface area contributed by atoms with Crippen LogP contribution in [0.5, 0.6) is 0 Å². The lowest BCUT2D eigenvalue weighted by Crippen LogP contribution is -2.43. The minimum atomic E-state index is -3.78. The summed E-state index contributed by atoms with van der Waals surface area (Å²) < 4.78 is 32.0. The Bertz CT molecular complexity index is 969. The van der Waals surface area contributed by atoms with Crippen LogP contribution in [0.4, 0.5) is 5.13 Å². The van der Waals surface area contributed by atoms with Gasteiger partial charge in [0.15, 0.2) is 10.8 Å². The highest BCUT2D eigenvalue weighted by Gasteiger charge is 2.39. The van der Waals surface area contributed by atoms with Crippen LogP contribution in [0.15, 0.2) is 34.5 Å². The van der Waals surface area contributed by atoms with Gasteiger partial charge in [0.05, 0.1) is 11.5 Å². The molecular formula is C18H21N3O5S2. The third-order valence-electron chi connectivity index (χ3n) is 4.35. The average Bonchev–Trinajstić information content (AvgIpc) is 3.32. The summed E-state index contributed by atoms with van der Waals surface area (Å²) in [6.07, 6.45) is 1.02. The van der Waals surface area contributed by atoms with Crippen LogP contribution in [0.25, 0.3) is 0 Å². The van der Waals surface area contributed by atoms with Gasteiger partial charge < -0.3 is 10.1 Å². The number of rotatable bonds is 6. The molecule has 0 bridgehead atoms. The van der Waals surface area contributed by atoms with Gasteiger partial charge in [0.1, 0.15) is 6.04 Å². The Hall–Kier alpha value is -2.30. The summed E-state index contributed by atoms with van der Waals surface area (Å²) in [5, 5.41) is 4.34. The fourth-order valence-corrected chi connectivity index (χ4v) is 5.29. The molecule has 1 saturated heterocycles. The predicted molar refractivity (Wildman–Crippen MR) is 105 cm³/mol. The van der Waals surface area contributed by atoms with Gasteiger partial charge in [-0.25, -0.2) is 18.2 Å². The van der Waals surface area contributed by atoms with Gasteiger partial charge >= 0.3 is 5.97 Å². The summed E-state index contributed by atoms with van der Waals surface area (Å²) in [5.74, 6) is -1.03. The van der Waals surface area contributed by atoms with Crippen molar-refractivity contribution in [2.45, 2.75) is 37.6 Å². The first-order valence-corrected chi connectivity index (χ1v) is 11.2. The lowest BCUT2D eigenvalue weighted by molar-refractivity contribution is -0.119. The molecule has 1 aromatic heterocycles. The second kappa shape index (κ2) is 8.38. The van der Waals surface area contributed by atoms with Crippen LogP contribution in [0.1, 0.15) is 35.8 Å². The topological polar surface area (TPSA) is 106 Å². The molecule has 10 heteroatoms. The zero-order valence-electron chi connectivity index (χ0n) is 15.5. The molecule has 8 nitrogen and oxygen atoms in total. The van der Waals surface area contributed by atoms with Crippen molar-refractivity contribution in [1.29, 1.82) is 0 Å². The van der Waals surface area contributed by atoms with E-state index in [2.05, 4.69) is 10.3 Å². The molecular weight excluding hydrogens is 402 g/mol. The van der Waals surface area contributed by atoms with Crippen LogP contribution >= 0.6 is 11.3 Å². The number of ether oxygens (including phenoxy) is 1. The number of carbonyl (C=O) groups is 2. The maximum Gasteiger partial charge on any atom is 0.357 e. The van der Waals surface area contributed by atoms with Gasteiger partial charge in [0.25, 0.3) is 0 Å². The van der Waals surface area contributed by atoms with Crippen LogP contribution < -0.4 is 5.32 Å². The summed E-state index contributed by atoms with van der Waals surface area (Å²) >= 11 is 1.09. The molecule has 150 valence electrons. The second-order valence-electron chi connectivity index (χ2n) is 6.33. The molecule has 28 heavy (non-hydrogen) atoms. The summed E-state index contributed by atoms with van der Waals surface area (Å²) in [6.45, 7) is 4.07. The van der Waals surface area contributed by atoms with Gasteiger partial charge in [0.2, 0.25) is 15.9 Å². The molecule has 2 aromatic rings. The lowest BCUT2D eigenvalue weighted by Gasteiger charge is -2.23. The number of hydrogen-bond acceptors (Lipinski definition) is 7. The van der Waals surface area contributed by atoms with Gasteiger partial charge in [-0.3, -0.25) is 4.79 Å². The maximum absolute atomic E-state index is 13.0. The Morgan fingerprint density at radius 1 is 1.32 bits per heavy atom.